The fourth-order valence-corrected chi connectivity index (χ4v) is 2.14. The zero-order valence-corrected chi connectivity index (χ0v) is 8.74. The summed E-state index contributed by atoms with van der Waals surface area (Å²) in [5, 5.41) is 9.65. The molecule has 1 aliphatic carbocycles. The van der Waals surface area contributed by atoms with E-state index in [1.165, 1.54) is 0 Å². The molecule has 0 spiro atoms. The van der Waals surface area contributed by atoms with Gasteiger partial charge in [0.1, 0.15) is 4.60 Å². The zero-order valence-electron chi connectivity index (χ0n) is 7.15. The normalized spacial score (nSPS) is 27.8. The smallest absolute Gasteiger partial charge is 0.124 e. The third kappa shape index (κ3) is 1.89. The highest BCUT2D eigenvalue weighted by atomic mass is 79.9. The van der Waals surface area contributed by atoms with Crippen LogP contribution in [0, 0.1) is 0 Å². The summed E-state index contributed by atoms with van der Waals surface area (Å²) >= 11 is 3.27. The molecule has 0 amide bonds. The first-order valence-corrected chi connectivity index (χ1v) is 5.22. The van der Waals surface area contributed by atoms with Crippen LogP contribution in [0.2, 0.25) is 0 Å². The quantitative estimate of drug-likeness (QED) is 0.818. The van der Waals surface area contributed by atoms with E-state index in [4.69, 9.17) is 0 Å². The molecule has 1 fully saturated rings. The van der Waals surface area contributed by atoms with E-state index in [9.17, 15) is 5.11 Å². The van der Waals surface area contributed by atoms with Gasteiger partial charge in [-0.2, -0.15) is 0 Å². The molecule has 1 aromatic rings. The molecule has 1 N–H and O–H groups in total. The van der Waals surface area contributed by atoms with Crippen LogP contribution in [0.15, 0.2) is 17.0 Å². The van der Waals surface area contributed by atoms with Gasteiger partial charge in [-0.1, -0.05) is 6.42 Å². The molecule has 0 bridgehead atoms. The van der Waals surface area contributed by atoms with Crippen molar-refractivity contribution < 1.29 is 5.11 Å². The van der Waals surface area contributed by atoms with Crippen molar-refractivity contribution in [3.8, 4) is 0 Å². The van der Waals surface area contributed by atoms with E-state index in [0.29, 0.717) is 0 Å². The first-order chi connectivity index (χ1) is 6.27. The third-order valence-electron chi connectivity index (χ3n) is 2.48. The van der Waals surface area contributed by atoms with E-state index in [2.05, 4.69) is 25.9 Å². The van der Waals surface area contributed by atoms with Crippen molar-refractivity contribution in [3.63, 3.8) is 0 Å². The largest absolute Gasteiger partial charge is 0.392 e. The van der Waals surface area contributed by atoms with Gasteiger partial charge in [0.2, 0.25) is 0 Å². The van der Waals surface area contributed by atoms with Crippen LogP contribution in [-0.4, -0.2) is 21.2 Å². The van der Waals surface area contributed by atoms with Gasteiger partial charge in [0.25, 0.3) is 0 Å². The predicted molar refractivity (Wildman–Crippen MR) is 52.3 cm³/mol. The zero-order chi connectivity index (χ0) is 9.26. The summed E-state index contributed by atoms with van der Waals surface area (Å²) in [4.78, 5) is 8.34. The molecule has 0 radical (unpaired) electrons. The average molecular weight is 243 g/mol. The van der Waals surface area contributed by atoms with Gasteiger partial charge in [0.15, 0.2) is 0 Å². The van der Waals surface area contributed by atoms with Crippen LogP contribution in [0.3, 0.4) is 0 Å². The highest BCUT2D eigenvalue weighted by molar-refractivity contribution is 9.10. The van der Waals surface area contributed by atoms with Gasteiger partial charge in [0, 0.05) is 12.1 Å². The van der Waals surface area contributed by atoms with Crippen LogP contribution in [0.5, 0.6) is 0 Å². The number of rotatable bonds is 1. The van der Waals surface area contributed by atoms with Crippen LogP contribution in [0.4, 0.5) is 0 Å². The van der Waals surface area contributed by atoms with Gasteiger partial charge in [-0.05, 0) is 28.8 Å². The Kier molecular flexibility index (Phi) is 2.60. The molecule has 1 saturated carbocycles. The second-order valence-corrected chi connectivity index (χ2v) is 4.18. The molecular formula is C9H11BrN2O. The van der Waals surface area contributed by atoms with Crippen molar-refractivity contribution in [1.82, 2.24) is 9.97 Å². The highest BCUT2D eigenvalue weighted by Gasteiger charge is 2.27. The van der Waals surface area contributed by atoms with E-state index >= 15 is 0 Å². The second-order valence-electron chi connectivity index (χ2n) is 3.37. The van der Waals surface area contributed by atoms with Crippen molar-refractivity contribution in [2.24, 2.45) is 0 Å². The van der Waals surface area contributed by atoms with Gasteiger partial charge < -0.3 is 5.11 Å². The van der Waals surface area contributed by atoms with Crippen molar-refractivity contribution in [2.45, 2.75) is 31.3 Å². The first-order valence-electron chi connectivity index (χ1n) is 4.43. The molecule has 13 heavy (non-hydrogen) atoms. The van der Waals surface area contributed by atoms with Gasteiger partial charge >= 0.3 is 0 Å². The lowest BCUT2D eigenvalue weighted by molar-refractivity contribution is 0.162. The van der Waals surface area contributed by atoms with Crippen molar-refractivity contribution in [2.75, 3.05) is 0 Å². The lowest BCUT2D eigenvalue weighted by Crippen LogP contribution is -2.12. The summed E-state index contributed by atoms with van der Waals surface area (Å²) < 4.78 is 0.740. The number of halogens is 1. The molecule has 4 heteroatoms. The number of aliphatic hydroxyl groups excluding tert-OH is 1. The Balaban J connectivity index is 2.24. The fraction of sp³-hybridized carbons (Fsp3) is 0.556. The van der Waals surface area contributed by atoms with Crippen LogP contribution >= 0.6 is 15.9 Å². The maximum Gasteiger partial charge on any atom is 0.124 e. The highest BCUT2D eigenvalue weighted by Crippen LogP contribution is 2.33. The van der Waals surface area contributed by atoms with Gasteiger partial charge in [-0.3, -0.25) is 4.98 Å². The number of hydrogen-bond acceptors (Lipinski definition) is 3. The molecule has 2 rings (SSSR count). The molecule has 2 unspecified atom stereocenters. The van der Waals surface area contributed by atoms with Crippen LogP contribution in [-0.2, 0) is 0 Å². The number of hydrogen-bond donors (Lipinski definition) is 1. The Morgan fingerprint density at radius 1 is 1.38 bits per heavy atom. The monoisotopic (exact) mass is 242 g/mol. The molecule has 70 valence electrons. The molecule has 1 aliphatic rings. The minimum Gasteiger partial charge on any atom is -0.392 e. The van der Waals surface area contributed by atoms with E-state index < -0.39 is 0 Å². The SMILES string of the molecule is OC1CCCC1c1cncc(Br)n1. The molecular weight excluding hydrogens is 232 g/mol. The molecule has 1 heterocycles. The van der Waals surface area contributed by atoms with E-state index in [-0.39, 0.29) is 12.0 Å². The molecule has 0 aromatic carbocycles. The maximum atomic E-state index is 9.65. The fourth-order valence-electron chi connectivity index (χ4n) is 1.82. The summed E-state index contributed by atoms with van der Waals surface area (Å²) in [6.45, 7) is 0. The Morgan fingerprint density at radius 3 is 2.85 bits per heavy atom. The van der Waals surface area contributed by atoms with E-state index in [1.807, 2.05) is 0 Å². The lowest BCUT2D eigenvalue weighted by atomic mass is 10.0. The second kappa shape index (κ2) is 3.72. The summed E-state index contributed by atoms with van der Waals surface area (Å²) in [6.07, 6.45) is 6.16. The van der Waals surface area contributed by atoms with Crippen LogP contribution in [0.1, 0.15) is 30.9 Å². The summed E-state index contributed by atoms with van der Waals surface area (Å²) in [5.41, 5.74) is 0.902. The number of aliphatic hydroxyl groups is 1. The Hall–Kier alpha value is -0.480. The standard InChI is InChI=1S/C9H11BrN2O/c10-9-5-11-4-7(12-9)6-2-1-3-8(6)13/h4-6,8,13H,1-3H2. The first kappa shape index (κ1) is 9.09. The van der Waals surface area contributed by atoms with E-state index in [0.717, 1.165) is 29.6 Å². The summed E-state index contributed by atoms with van der Waals surface area (Å²) in [7, 11) is 0. The third-order valence-corrected chi connectivity index (χ3v) is 2.87. The van der Waals surface area contributed by atoms with Gasteiger partial charge in [-0.25, -0.2) is 4.98 Å². The predicted octanol–water partition coefficient (Wildman–Crippen LogP) is 1.87. The van der Waals surface area contributed by atoms with Crippen molar-refractivity contribution in [1.29, 1.82) is 0 Å². The number of nitrogens with zero attached hydrogens (tertiary/aromatic N) is 2. The van der Waals surface area contributed by atoms with Crippen LogP contribution < -0.4 is 0 Å². The number of aromatic nitrogens is 2. The summed E-state index contributed by atoms with van der Waals surface area (Å²) in [6, 6.07) is 0. The molecule has 2 atom stereocenters. The molecule has 0 aliphatic heterocycles. The van der Waals surface area contributed by atoms with Crippen LogP contribution in [0.25, 0.3) is 0 Å². The van der Waals surface area contributed by atoms with Crippen molar-refractivity contribution in [3.05, 3.63) is 22.7 Å². The van der Waals surface area contributed by atoms with Crippen molar-refractivity contribution >= 4 is 15.9 Å². The lowest BCUT2D eigenvalue weighted by Gasteiger charge is -2.12. The Morgan fingerprint density at radius 2 is 2.23 bits per heavy atom. The average Bonchev–Trinajstić information content (AvgIpc) is 2.51. The van der Waals surface area contributed by atoms with Gasteiger partial charge in [-0.15, -0.1) is 0 Å². The Labute approximate surface area is 85.4 Å². The molecule has 3 nitrogen and oxygen atoms in total. The topological polar surface area (TPSA) is 46.0 Å². The molecule has 0 saturated heterocycles. The van der Waals surface area contributed by atoms with Gasteiger partial charge in [0.05, 0.1) is 18.0 Å². The Bertz CT molecular complexity index is 305. The summed E-state index contributed by atoms with van der Waals surface area (Å²) in [5.74, 6) is 0.185. The minimum absolute atomic E-state index is 0.185. The molecule has 1 aromatic heterocycles. The minimum atomic E-state index is -0.233. The van der Waals surface area contributed by atoms with E-state index in [1.54, 1.807) is 12.4 Å². The maximum absolute atomic E-state index is 9.65.